The number of nitrogens with zero attached hydrogens (tertiary/aromatic N) is 1. The number of carbonyl (C=O) groups is 1. The molecule has 0 saturated carbocycles. The maximum Gasteiger partial charge on any atom is 0.254 e. The number of hydrogen-bond acceptors (Lipinski definition) is 3. The second-order valence-corrected chi connectivity index (χ2v) is 6.35. The molecule has 2 aliphatic rings. The first kappa shape index (κ1) is 15.5. The number of aliphatic hydroxyl groups is 1. The fourth-order valence-electron chi connectivity index (χ4n) is 3.65. The molecule has 0 bridgehead atoms. The Balaban J connectivity index is 1.75. The minimum Gasteiger partial charge on any atom is -0.393 e. The van der Waals surface area contributed by atoms with Crippen molar-refractivity contribution in [2.75, 3.05) is 19.8 Å². The van der Waals surface area contributed by atoms with Gasteiger partial charge in [-0.2, -0.15) is 0 Å². The normalized spacial score (nSPS) is 28.8. The molecule has 3 rings (SSSR count). The highest BCUT2D eigenvalue weighted by Crippen LogP contribution is 2.31. The lowest BCUT2D eigenvalue weighted by Crippen LogP contribution is -2.48. The van der Waals surface area contributed by atoms with Gasteiger partial charge in [0.15, 0.2) is 0 Å². The number of amides is 1. The van der Waals surface area contributed by atoms with Crippen LogP contribution in [0.1, 0.15) is 42.1 Å². The molecule has 2 heterocycles. The zero-order chi connectivity index (χ0) is 15.5. The van der Waals surface area contributed by atoms with Crippen LogP contribution in [-0.2, 0) is 11.2 Å². The molecule has 22 heavy (non-hydrogen) atoms. The van der Waals surface area contributed by atoms with Crippen LogP contribution >= 0.6 is 0 Å². The number of likely N-dealkylation sites (tertiary alicyclic amines) is 1. The van der Waals surface area contributed by atoms with E-state index in [1.165, 1.54) is 5.56 Å². The quantitative estimate of drug-likeness (QED) is 0.932. The first-order valence-electron chi connectivity index (χ1n) is 8.36. The Bertz CT molecular complexity index is 514. The zero-order valence-electron chi connectivity index (χ0n) is 13.2. The van der Waals surface area contributed by atoms with Crippen molar-refractivity contribution in [3.05, 3.63) is 35.4 Å². The average Bonchev–Trinajstić information content (AvgIpc) is 3.04. The highest BCUT2D eigenvalue weighted by molar-refractivity contribution is 5.94. The van der Waals surface area contributed by atoms with Crippen molar-refractivity contribution >= 4 is 5.91 Å². The minimum atomic E-state index is -0.352. The molecule has 2 fully saturated rings. The molecule has 0 aliphatic carbocycles. The van der Waals surface area contributed by atoms with Gasteiger partial charge >= 0.3 is 0 Å². The third-order valence-corrected chi connectivity index (χ3v) is 5.03. The van der Waals surface area contributed by atoms with E-state index in [9.17, 15) is 9.90 Å². The summed E-state index contributed by atoms with van der Waals surface area (Å²) >= 11 is 0. The van der Waals surface area contributed by atoms with Crippen LogP contribution in [0.4, 0.5) is 0 Å². The van der Waals surface area contributed by atoms with Gasteiger partial charge in [-0.05, 0) is 43.4 Å². The molecule has 0 radical (unpaired) electrons. The molecular weight excluding hydrogens is 278 g/mol. The van der Waals surface area contributed by atoms with Crippen molar-refractivity contribution in [3.63, 3.8) is 0 Å². The maximum absolute atomic E-state index is 12.8. The van der Waals surface area contributed by atoms with E-state index in [0.29, 0.717) is 19.6 Å². The molecule has 120 valence electrons. The van der Waals surface area contributed by atoms with Crippen molar-refractivity contribution in [1.82, 2.24) is 4.90 Å². The molecule has 1 amide bonds. The van der Waals surface area contributed by atoms with Gasteiger partial charge in [0, 0.05) is 30.7 Å². The lowest BCUT2D eigenvalue weighted by Gasteiger charge is -2.37. The Morgan fingerprint density at radius 3 is 2.77 bits per heavy atom. The smallest absolute Gasteiger partial charge is 0.254 e. The Morgan fingerprint density at radius 2 is 2.09 bits per heavy atom. The monoisotopic (exact) mass is 303 g/mol. The molecule has 0 aromatic heterocycles. The average molecular weight is 303 g/mol. The van der Waals surface area contributed by atoms with E-state index >= 15 is 0 Å². The Labute approximate surface area is 132 Å². The van der Waals surface area contributed by atoms with Crippen molar-refractivity contribution in [1.29, 1.82) is 0 Å². The van der Waals surface area contributed by atoms with Crippen LogP contribution in [0.3, 0.4) is 0 Å². The number of aryl methyl sites for hydroxylation is 1. The van der Waals surface area contributed by atoms with Gasteiger partial charge in [-0.1, -0.05) is 19.1 Å². The molecule has 2 saturated heterocycles. The first-order chi connectivity index (χ1) is 10.7. The highest BCUT2D eigenvalue weighted by atomic mass is 16.5. The summed E-state index contributed by atoms with van der Waals surface area (Å²) in [4.78, 5) is 14.8. The predicted molar refractivity (Wildman–Crippen MR) is 84.8 cm³/mol. The van der Waals surface area contributed by atoms with Gasteiger partial charge in [0.25, 0.3) is 5.91 Å². The molecule has 1 aromatic carbocycles. The lowest BCUT2D eigenvalue weighted by atomic mass is 9.89. The van der Waals surface area contributed by atoms with E-state index < -0.39 is 0 Å². The van der Waals surface area contributed by atoms with Crippen molar-refractivity contribution in [2.24, 2.45) is 5.92 Å². The Kier molecular flexibility index (Phi) is 4.79. The van der Waals surface area contributed by atoms with Gasteiger partial charge < -0.3 is 14.7 Å². The summed E-state index contributed by atoms with van der Waals surface area (Å²) in [6, 6.07) is 8.00. The van der Waals surface area contributed by atoms with Crippen LogP contribution in [0.25, 0.3) is 0 Å². The fraction of sp³-hybridized carbons (Fsp3) is 0.611. The van der Waals surface area contributed by atoms with E-state index in [1.807, 2.05) is 29.2 Å². The van der Waals surface area contributed by atoms with Crippen molar-refractivity contribution in [3.8, 4) is 0 Å². The number of aliphatic hydroxyl groups excluding tert-OH is 1. The summed E-state index contributed by atoms with van der Waals surface area (Å²) in [5.74, 6) is 0.137. The largest absolute Gasteiger partial charge is 0.393 e. The molecule has 3 atom stereocenters. The first-order valence-corrected chi connectivity index (χ1v) is 8.36. The van der Waals surface area contributed by atoms with Gasteiger partial charge in [-0.25, -0.2) is 0 Å². The topological polar surface area (TPSA) is 49.8 Å². The summed E-state index contributed by atoms with van der Waals surface area (Å²) < 4.78 is 5.53. The van der Waals surface area contributed by atoms with Crippen LogP contribution in [-0.4, -0.2) is 47.8 Å². The maximum atomic E-state index is 12.8. The molecule has 0 spiro atoms. The molecule has 4 nitrogen and oxygen atoms in total. The molecule has 1 aromatic rings. The molecule has 4 heteroatoms. The summed E-state index contributed by atoms with van der Waals surface area (Å²) in [5.41, 5.74) is 1.99. The van der Waals surface area contributed by atoms with E-state index in [0.717, 1.165) is 31.4 Å². The number of benzene rings is 1. The standard InChI is InChI=1S/C18H25NO3/c1-2-13-5-7-14(8-6-13)18(21)19-10-3-4-16(19)15-12-22-11-9-17(15)20/h5-8,15-17,20H,2-4,9-12H2,1H3/t15-,16-,17+/m1/s1. The van der Waals surface area contributed by atoms with Gasteiger partial charge in [-0.15, -0.1) is 0 Å². The molecular formula is C18H25NO3. The van der Waals surface area contributed by atoms with Crippen LogP contribution < -0.4 is 0 Å². The van der Waals surface area contributed by atoms with Crippen molar-refractivity contribution < 1.29 is 14.6 Å². The second kappa shape index (κ2) is 6.80. The summed E-state index contributed by atoms with van der Waals surface area (Å²) in [7, 11) is 0. The van der Waals surface area contributed by atoms with Gasteiger partial charge in [0.1, 0.15) is 0 Å². The summed E-state index contributed by atoms with van der Waals surface area (Å²) in [6.45, 7) is 4.07. The number of ether oxygens (including phenoxy) is 1. The van der Waals surface area contributed by atoms with E-state index in [1.54, 1.807) is 0 Å². The van der Waals surface area contributed by atoms with Crippen LogP contribution in [0.2, 0.25) is 0 Å². The van der Waals surface area contributed by atoms with Crippen LogP contribution in [0.15, 0.2) is 24.3 Å². The van der Waals surface area contributed by atoms with Gasteiger partial charge in [0.2, 0.25) is 0 Å². The molecule has 0 unspecified atom stereocenters. The van der Waals surface area contributed by atoms with Gasteiger partial charge in [0.05, 0.1) is 12.7 Å². The summed E-state index contributed by atoms with van der Waals surface area (Å²) in [6.07, 6.45) is 3.27. The van der Waals surface area contributed by atoms with Crippen LogP contribution in [0, 0.1) is 5.92 Å². The number of carbonyl (C=O) groups excluding carboxylic acids is 1. The van der Waals surface area contributed by atoms with Crippen molar-refractivity contribution in [2.45, 2.75) is 44.8 Å². The fourth-order valence-corrected chi connectivity index (χ4v) is 3.65. The lowest BCUT2D eigenvalue weighted by molar-refractivity contribution is -0.0589. The minimum absolute atomic E-state index is 0.0510. The van der Waals surface area contributed by atoms with Gasteiger partial charge in [-0.3, -0.25) is 4.79 Å². The highest BCUT2D eigenvalue weighted by Gasteiger charge is 2.39. The number of hydrogen-bond donors (Lipinski definition) is 1. The van der Waals surface area contributed by atoms with E-state index in [2.05, 4.69) is 6.92 Å². The third-order valence-electron chi connectivity index (χ3n) is 5.03. The van der Waals surface area contributed by atoms with Crippen LogP contribution in [0.5, 0.6) is 0 Å². The molecule has 2 aliphatic heterocycles. The Hall–Kier alpha value is -1.39. The summed E-state index contributed by atoms with van der Waals surface area (Å²) in [5, 5.41) is 10.2. The van der Waals surface area contributed by atoms with E-state index in [-0.39, 0.29) is 24.0 Å². The number of rotatable bonds is 3. The predicted octanol–water partition coefficient (Wildman–Crippen LogP) is 2.25. The Morgan fingerprint density at radius 1 is 1.32 bits per heavy atom. The zero-order valence-corrected chi connectivity index (χ0v) is 13.2. The SMILES string of the molecule is CCc1ccc(C(=O)N2CCC[C@@H]2[C@H]2COCC[C@@H]2O)cc1. The van der Waals surface area contributed by atoms with E-state index in [4.69, 9.17) is 4.74 Å². The molecule has 1 N–H and O–H groups in total. The second-order valence-electron chi connectivity index (χ2n) is 6.35. The third kappa shape index (κ3) is 3.03.